The lowest BCUT2D eigenvalue weighted by molar-refractivity contribution is -0.144. The molecule has 1 aliphatic rings. The standard InChI is InChI=1S/C15H18F3NO2/c16-12-5-9(6-13(17)14(12)18)7-19-8-10-3-1-2-4-11(10)15(20)21/h5-6,10-11,19H,1-4,7-8H2,(H,20,21). The Kier molecular flexibility index (Phi) is 5.22. The number of benzene rings is 1. The Labute approximate surface area is 121 Å². The van der Waals surface area contributed by atoms with Gasteiger partial charge in [0.2, 0.25) is 0 Å². The molecule has 1 fully saturated rings. The molecule has 0 spiro atoms. The Morgan fingerprint density at radius 2 is 1.81 bits per heavy atom. The average molecular weight is 301 g/mol. The number of carboxylic acid groups (broad SMARTS) is 1. The highest BCUT2D eigenvalue weighted by atomic mass is 19.2. The molecule has 0 aromatic heterocycles. The molecule has 1 aliphatic carbocycles. The second-order valence-electron chi connectivity index (χ2n) is 5.49. The highest BCUT2D eigenvalue weighted by Crippen LogP contribution is 2.29. The highest BCUT2D eigenvalue weighted by Gasteiger charge is 2.30. The third kappa shape index (κ3) is 3.97. The molecule has 0 bridgehead atoms. The van der Waals surface area contributed by atoms with Crippen molar-refractivity contribution in [3.05, 3.63) is 35.1 Å². The minimum atomic E-state index is -1.48. The van der Waals surface area contributed by atoms with Crippen molar-refractivity contribution in [1.82, 2.24) is 5.32 Å². The lowest BCUT2D eigenvalue weighted by atomic mass is 9.79. The van der Waals surface area contributed by atoms with Gasteiger partial charge in [0.05, 0.1) is 5.92 Å². The summed E-state index contributed by atoms with van der Waals surface area (Å²) in [7, 11) is 0. The zero-order chi connectivity index (χ0) is 15.4. The maximum absolute atomic E-state index is 13.1. The molecule has 2 N–H and O–H groups in total. The highest BCUT2D eigenvalue weighted by molar-refractivity contribution is 5.70. The van der Waals surface area contributed by atoms with Crippen molar-refractivity contribution in [2.75, 3.05) is 6.54 Å². The molecule has 2 rings (SSSR count). The fourth-order valence-electron chi connectivity index (χ4n) is 2.89. The Hall–Kier alpha value is -1.56. The van der Waals surface area contributed by atoms with Gasteiger partial charge >= 0.3 is 5.97 Å². The van der Waals surface area contributed by atoms with E-state index >= 15 is 0 Å². The molecule has 2 atom stereocenters. The van der Waals surface area contributed by atoms with Crippen LogP contribution in [0.4, 0.5) is 13.2 Å². The summed E-state index contributed by atoms with van der Waals surface area (Å²) in [4.78, 5) is 11.2. The van der Waals surface area contributed by atoms with Gasteiger partial charge in [-0.05, 0) is 43.0 Å². The van der Waals surface area contributed by atoms with E-state index in [1.165, 1.54) is 0 Å². The Balaban J connectivity index is 1.90. The largest absolute Gasteiger partial charge is 0.481 e. The van der Waals surface area contributed by atoms with Crippen molar-refractivity contribution in [2.24, 2.45) is 11.8 Å². The van der Waals surface area contributed by atoms with Crippen molar-refractivity contribution in [3.63, 3.8) is 0 Å². The number of rotatable bonds is 5. The van der Waals surface area contributed by atoms with Crippen LogP contribution in [-0.2, 0) is 11.3 Å². The summed E-state index contributed by atoms with van der Waals surface area (Å²) in [5, 5.41) is 12.2. The number of carboxylic acids is 1. The van der Waals surface area contributed by atoms with Gasteiger partial charge in [-0.3, -0.25) is 4.79 Å². The minimum Gasteiger partial charge on any atom is -0.481 e. The van der Waals surface area contributed by atoms with Crippen molar-refractivity contribution in [2.45, 2.75) is 32.2 Å². The van der Waals surface area contributed by atoms with Gasteiger partial charge in [0.1, 0.15) is 0 Å². The van der Waals surface area contributed by atoms with Gasteiger partial charge in [-0.2, -0.15) is 0 Å². The van der Waals surface area contributed by atoms with E-state index in [9.17, 15) is 18.0 Å². The first-order chi connectivity index (χ1) is 9.99. The number of hydrogen-bond acceptors (Lipinski definition) is 2. The molecule has 0 heterocycles. The number of nitrogens with one attached hydrogen (secondary N) is 1. The van der Waals surface area contributed by atoms with Crippen LogP contribution < -0.4 is 5.32 Å². The van der Waals surface area contributed by atoms with Gasteiger partial charge in [-0.25, -0.2) is 13.2 Å². The zero-order valence-corrected chi connectivity index (χ0v) is 11.5. The Morgan fingerprint density at radius 1 is 1.19 bits per heavy atom. The van der Waals surface area contributed by atoms with E-state index in [1.54, 1.807) is 0 Å². The summed E-state index contributed by atoms with van der Waals surface area (Å²) < 4.78 is 39.0. The van der Waals surface area contributed by atoms with E-state index in [4.69, 9.17) is 5.11 Å². The van der Waals surface area contributed by atoms with Crippen LogP contribution in [0, 0.1) is 29.3 Å². The SMILES string of the molecule is O=C(O)C1CCCCC1CNCc1cc(F)c(F)c(F)c1. The second kappa shape index (κ2) is 6.93. The first-order valence-electron chi connectivity index (χ1n) is 7.06. The summed E-state index contributed by atoms with van der Waals surface area (Å²) in [6.45, 7) is 0.647. The van der Waals surface area contributed by atoms with Crippen molar-refractivity contribution in [1.29, 1.82) is 0 Å². The zero-order valence-electron chi connectivity index (χ0n) is 11.5. The molecule has 0 aliphatic heterocycles. The molecule has 6 heteroatoms. The van der Waals surface area contributed by atoms with Crippen LogP contribution in [0.15, 0.2) is 12.1 Å². The number of carbonyl (C=O) groups is 1. The third-order valence-corrected chi connectivity index (χ3v) is 4.01. The van der Waals surface area contributed by atoms with Gasteiger partial charge in [0, 0.05) is 6.54 Å². The van der Waals surface area contributed by atoms with Crippen molar-refractivity contribution < 1.29 is 23.1 Å². The van der Waals surface area contributed by atoms with E-state index < -0.39 is 23.4 Å². The summed E-state index contributed by atoms with van der Waals surface area (Å²) in [6.07, 6.45) is 3.41. The first kappa shape index (κ1) is 15.8. The van der Waals surface area contributed by atoms with Crippen LogP contribution >= 0.6 is 0 Å². The van der Waals surface area contributed by atoms with Crippen LogP contribution in [0.3, 0.4) is 0 Å². The fourth-order valence-corrected chi connectivity index (χ4v) is 2.89. The van der Waals surface area contributed by atoms with Gasteiger partial charge in [-0.1, -0.05) is 12.8 Å². The second-order valence-corrected chi connectivity index (χ2v) is 5.49. The summed E-state index contributed by atoms with van der Waals surface area (Å²) in [6, 6.07) is 1.89. The molecule has 1 aromatic rings. The quantitative estimate of drug-likeness (QED) is 0.822. The van der Waals surface area contributed by atoms with E-state index in [0.29, 0.717) is 18.5 Å². The van der Waals surface area contributed by atoms with Crippen LogP contribution in [-0.4, -0.2) is 17.6 Å². The van der Waals surface area contributed by atoms with E-state index in [-0.39, 0.29) is 18.4 Å². The van der Waals surface area contributed by atoms with Gasteiger partial charge < -0.3 is 10.4 Å². The normalized spacial score (nSPS) is 22.2. The van der Waals surface area contributed by atoms with Crippen molar-refractivity contribution >= 4 is 5.97 Å². The number of halogens is 3. The first-order valence-corrected chi connectivity index (χ1v) is 7.06. The number of hydrogen-bond donors (Lipinski definition) is 2. The van der Waals surface area contributed by atoms with Crippen LogP contribution in [0.25, 0.3) is 0 Å². The fraction of sp³-hybridized carbons (Fsp3) is 0.533. The molecular weight excluding hydrogens is 283 g/mol. The van der Waals surface area contributed by atoms with E-state index in [2.05, 4.69) is 5.32 Å². The maximum atomic E-state index is 13.1. The van der Waals surface area contributed by atoms with Crippen LogP contribution in [0.2, 0.25) is 0 Å². The molecule has 0 amide bonds. The molecule has 0 saturated heterocycles. The van der Waals surface area contributed by atoms with Crippen LogP contribution in [0.5, 0.6) is 0 Å². The molecule has 3 nitrogen and oxygen atoms in total. The van der Waals surface area contributed by atoms with Gasteiger partial charge in [0.25, 0.3) is 0 Å². The summed E-state index contributed by atoms with van der Waals surface area (Å²) >= 11 is 0. The topological polar surface area (TPSA) is 49.3 Å². The van der Waals surface area contributed by atoms with Crippen LogP contribution in [0.1, 0.15) is 31.2 Å². The Morgan fingerprint density at radius 3 is 2.43 bits per heavy atom. The third-order valence-electron chi connectivity index (χ3n) is 4.01. The lowest BCUT2D eigenvalue weighted by Gasteiger charge is -2.28. The molecule has 0 radical (unpaired) electrons. The van der Waals surface area contributed by atoms with Gasteiger partial charge in [-0.15, -0.1) is 0 Å². The van der Waals surface area contributed by atoms with Crippen molar-refractivity contribution in [3.8, 4) is 0 Å². The molecule has 1 aromatic carbocycles. The minimum absolute atomic E-state index is 0.0198. The molecule has 1 saturated carbocycles. The predicted molar refractivity (Wildman–Crippen MR) is 71.1 cm³/mol. The van der Waals surface area contributed by atoms with Gasteiger partial charge in [0.15, 0.2) is 17.5 Å². The average Bonchev–Trinajstić information content (AvgIpc) is 2.45. The molecular formula is C15H18F3NO2. The molecule has 116 valence electrons. The Bertz CT molecular complexity index is 499. The lowest BCUT2D eigenvalue weighted by Crippen LogP contribution is -2.34. The number of aliphatic carboxylic acids is 1. The smallest absolute Gasteiger partial charge is 0.306 e. The maximum Gasteiger partial charge on any atom is 0.306 e. The monoisotopic (exact) mass is 301 g/mol. The summed E-state index contributed by atoms with van der Waals surface area (Å²) in [5.41, 5.74) is 0.300. The molecule has 21 heavy (non-hydrogen) atoms. The predicted octanol–water partition coefficient (Wildman–Crippen LogP) is 3.08. The van der Waals surface area contributed by atoms with E-state index in [1.807, 2.05) is 0 Å². The molecule has 2 unspecified atom stereocenters. The van der Waals surface area contributed by atoms with E-state index in [0.717, 1.165) is 31.4 Å². The summed E-state index contributed by atoms with van der Waals surface area (Å²) in [5.74, 6) is -5.04.